The first-order valence-corrected chi connectivity index (χ1v) is 23.9. The first-order chi connectivity index (χ1) is 34.1. The summed E-state index contributed by atoms with van der Waals surface area (Å²) in [6.07, 6.45) is 0.625. The SMILES string of the molecule is CCNC(=O)c1nnc(-c2cc(C(C)C)c(O)cc2O)n1-c1ccc(OC2CCN(C(=O)CCN(C)C(=O)O[C@]3(CC)C(=O)OCc4c3cc3n(c4=O)Cc4c-3nc3ccc(O)cc3c4CC)CC2)cc1. The van der Waals surface area contributed by atoms with Crippen molar-refractivity contribution in [1.82, 2.24) is 39.4 Å². The molecule has 6 aromatic rings. The highest BCUT2D eigenvalue weighted by Gasteiger charge is 2.51. The molecule has 19 nitrogen and oxygen atoms in total. The standard InChI is InChI=1S/C52H56N8O11/c1-7-33-35-22-30(61)12-15-40(35)54-45-37(33)26-59-41(45)24-39-38(49(59)66)27-69-50(67)52(39,8-2)71-51(68)57(6)19-18-44(64)58-20-16-32(17-21-58)70-31-13-10-29(11-14-31)60-46(55-56-47(60)48(65)53-9-3)36-23-34(28(4)5)42(62)25-43(36)63/h10-15,22-25,28,32,61-63H,7-9,16-21,26-27H2,1-6H3,(H,53,65)/t52-/m0/s1. The highest BCUT2D eigenvalue weighted by atomic mass is 16.6. The van der Waals surface area contributed by atoms with Crippen LogP contribution in [0.2, 0.25) is 0 Å². The number of hydrogen-bond acceptors (Lipinski definition) is 14. The maximum absolute atomic E-state index is 14.2. The van der Waals surface area contributed by atoms with Gasteiger partial charge in [0.1, 0.15) is 35.7 Å². The Morgan fingerprint density at radius 2 is 1.69 bits per heavy atom. The Morgan fingerprint density at radius 3 is 2.38 bits per heavy atom. The molecular weight excluding hydrogens is 913 g/mol. The average Bonchev–Trinajstić information content (AvgIpc) is 3.96. The highest BCUT2D eigenvalue weighted by Crippen LogP contribution is 2.43. The summed E-state index contributed by atoms with van der Waals surface area (Å²) >= 11 is 0. The summed E-state index contributed by atoms with van der Waals surface area (Å²) in [7, 11) is 1.48. The average molecular weight is 969 g/mol. The number of fused-ring (bicyclic) bond motifs is 5. The zero-order valence-corrected chi connectivity index (χ0v) is 40.4. The van der Waals surface area contributed by atoms with Gasteiger partial charge in [0.15, 0.2) is 5.82 Å². The Hall–Kier alpha value is -7.96. The Labute approximate surface area is 408 Å². The number of nitrogens with zero attached hydrogens (tertiary/aromatic N) is 7. The van der Waals surface area contributed by atoms with Gasteiger partial charge in [-0.1, -0.05) is 27.7 Å². The van der Waals surface area contributed by atoms with E-state index in [4.69, 9.17) is 19.2 Å². The lowest BCUT2D eigenvalue weighted by Gasteiger charge is -2.36. The molecule has 4 N–H and O–H groups in total. The van der Waals surface area contributed by atoms with Crippen LogP contribution < -0.4 is 15.6 Å². The monoisotopic (exact) mass is 968 g/mol. The first-order valence-electron chi connectivity index (χ1n) is 23.9. The first kappa shape index (κ1) is 48.1. The second-order valence-electron chi connectivity index (χ2n) is 18.4. The van der Waals surface area contributed by atoms with Crippen LogP contribution in [0.5, 0.6) is 23.0 Å². The summed E-state index contributed by atoms with van der Waals surface area (Å²) in [5.41, 5.74) is 3.07. The molecule has 6 heterocycles. The van der Waals surface area contributed by atoms with Gasteiger partial charge in [0.05, 0.1) is 34.6 Å². The van der Waals surface area contributed by atoms with Crippen molar-refractivity contribution in [2.24, 2.45) is 0 Å². The van der Waals surface area contributed by atoms with Crippen LogP contribution in [-0.2, 0) is 44.2 Å². The van der Waals surface area contributed by atoms with Crippen LogP contribution >= 0.6 is 0 Å². The predicted molar refractivity (Wildman–Crippen MR) is 260 cm³/mol. The van der Waals surface area contributed by atoms with E-state index in [1.54, 1.807) is 82.5 Å². The molecule has 71 heavy (non-hydrogen) atoms. The minimum absolute atomic E-state index is 0.00404. The van der Waals surface area contributed by atoms with Crippen molar-refractivity contribution in [1.29, 1.82) is 0 Å². The number of rotatable bonds is 13. The molecule has 3 aromatic heterocycles. The van der Waals surface area contributed by atoms with Gasteiger partial charge >= 0.3 is 12.1 Å². The molecule has 1 atom stereocenters. The number of aryl methyl sites for hydroxylation is 1. The number of phenolic OH excluding ortho intramolecular Hbond substituents is 3. The lowest BCUT2D eigenvalue weighted by atomic mass is 9.85. The maximum atomic E-state index is 14.2. The fourth-order valence-electron chi connectivity index (χ4n) is 9.87. The largest absolute Gasteiger partial charge is 0.508 e. The molecule has 9 rings (SSSR count). The number of benzene rings is 3. The summed E-state index contributed by atoms with van der Waals surface area (Å²) in [4.78, 5) is 76.1. The smallest absolute Gasteiger partial charge is 0.410 e. The van der Waals surface area contributed by atoms with Crippen LogP contribution in [0.4, 0.5) is 4.79 Å². The van der Waals surface area contributed by atoms with Crippen LogP contribution in [0.1, 0.15) is 105 Å². The van der Waals surface area contributed by atoms with Gasteiger partial charge in [-0.25, -0.2) is 14.6 Å². The molecule has 1 fully saturated rings. The van der Waals surface area contributed by atoms with Crippen LogP contribution in [0.25, 0.3) is 39.4 Å². The quantitative estimate of drug-likeness (QED) is 0.0913. The van der Waals surface area contributed by atoms with Gasteiger partial charge in [0, 0.05) is 80.8 Å². The molecule has 0 bridgehead atoms. The van der Waals surface area contributed by atoms with E-state index in [-0.39, 0.29) is 96.1 Å². The Bertz CT molecular complexity index is 3170. The van der Waals surface area contributed by atoms with Crippen molar-refractivity contribution in [3.05, 3.63) is 105 Å². The van der Waals surface area contributed by atoms with Gasteiger partial charge in [-0.3, -0.25) is 19.0 Å². The van der Waals surface area contributed by atoms with E-state index in [1.165, 1.54) is 18.0 Å². The normalized spacial score (nSPS) is 16.3. The third-order valence-corrected chi connectivity index (χ3v) is 13.7. The molecule has 370 valence electrons. The number of phenols is 3. The van der Waals surface area contributed by atoms with Gasteiger partial charge in [-0.15, -0.1) is 10.2 Å². The number of piperidine rings is 1. The Balaban J connectivity index is 0.836. The summed E-state index contributed by atoms with van der Waals surface area (Å²) in [5.74, 6) is -0.882. The van der Waals surface area contributed by atoms with Crippen molar-refractivity contribution < 1.29 is 48.7 Å². The lowest BCUT2D eigenvalue weighted by Crippen LogP contribution is -2.49. The van der Waals surface area contributed by atoms with Gasteiger partial charge in [-0.05, 0) is 91.4 Å². The van der Waals surface area contributed by atoms with E-state index < -0.39 is 23.6 Å². The number of carbonyl (C=O) groups is 4. The van der Waals surface area contributed by atoms with Crippen molar-refractivity contribution in [2.45, 2.75) is 97.5 Å². The number of aromatic nitrogens is 5. The molecule has 3 aliphatic rings. The molecule has 3 amide bonds. The topological polar surface area (TPSA) is 241 Å². The molecule has 0 saturated carbocycles. The van der Waals surface area contributed by atoms with Gasteiger partial charge in [0.25, 0.3) is 11.5 Å². The summed E-state index contributed by atoms with van der Waals surface area (Å²) in [6.45, 7) is 10.4. The number of nitrogens with one attached hydrogen (secondary N) is 1. The molecule has 0 radical (unpaired) electrons. The molecule has 0 aliphatic carbocycles. The summed E-state index contributed by atoms with van der Waals surface area (Å²) in [6, 6.07) is 16.6. The van der Waals surface area contributed by atoms with Gasteiger partial charge in [0.2, 0.25) is 17.3 Å². The van der Waals surface area contributed by atoms with E-state index in [2.05, 4.69) is 15.5 Å². The second-order valence-corrected chi connectivity index (χ2v) is 18.4. The maximum Gasteiger partial charge on any atom is 0.410 e. The second kappa shape index (κ2) is 19.1. The molecule has 0 unspecified atom stereocenters. The third-order valence-electron chi connectivity index (χ3n) is 13.7. The van der Waals surface area contributed by atoms with E-state index >= 15 is 0 Å². The van der Waals surface area contributed by atoms with Crippen LogP contribution in [-0.4, -0.2) is 113 Å². The Morgan fingerprint density at radius 1 is 0.944 bits per heavy atom. The summed E-state index contributed by atoms with van der Waals surface area (Å²) in [5, 5.41) is 43.6. The number of carbonyl (C=O) groups excluding carboxylic acids is 4. The molecule has 0 spiro atoms. The number of cyclic esters (lactones) is 1. The van der Waals surface area contributed by atoms with Crippen LogP contribution in [0, 0.1) is 0 Å². The fourth-order valence-corrected chi connectivity index (χ4v) is 9.87. The van der Waals surface area contributed by atoms with Gasteiger partial charge < -0.3 is 49.2 Å². The Kier molecular flexibility index (Phi) is 12.9. The van der Waals surface area contributed by atoms with Gasteiger partial charge in [-0.2, -0.15) is 0 Å². The molecule has 19 heteroatoms. The minimum atomic E-state index is -1.93. The molecule has 3 aromatic carbocycles. The number of esters is 1. The van der Waals surface area contributed by atoms with Crippen molar-refractivity contribution in [3.63, 3.8) is 0 Å². The van der Waals surface area contributed by atoms with Crippen LogP contribution in [0.3, 0.4) is 0 Å². The minimum Gasteiger partial charge on any atom is -0.508 e. The number of amides is 3. The number of hydrogen-bond donors (Lipinski definition) is 4. The third kappa shape index (κ3) is 8.62. The van der Waals surface area contributed by atoms with Crippen LogP contribution in [0.15, 0.2) is 65.5 Å². The molecule has 3 aliphatic heterocycles. The fraction of sp³-hybridized carbons (Fsp3) is 0.385. The van der Waals surface area contributed by atoms with E-state index in [0.717, 1.165) is 16.5 Å². The van der Waals surface area contributed by atoms with E-state index in [0.29, 0.717) is 78.4 Å². The number of likely N-dealkylation sites (tertiary alicyclic amines) is 1. The molecular formula is C52H56N8O11. The lowest BCUT2D eigenvalue weighted by molar-refractivity contribution is -0.173. The van der Waals surface area contributed by atoms with E-state index in [1.807, 2.05) is 20.8 Å². The highest BCUT2D eigenvalue weighted by molar-refractivity contribution is 5.93. The van der Waals surface area contributed by atoms with E-state index in [9.17, 15) is 39.3 Å². The molecule has 1 saturated heterocycles. The van der Waals surface area contributed by atoms with Crippen molar-refractivity contribution >= 4 is 34.8 Å². The zero-order valence-electron chi connectivity index (χ0n) is 40.4. The number of ether oxygens (including phenoxy) is 3. The number of pyridine rings is 2. The zero-order chi connectivity index (χ0) is 50.5. The predicted octanol–water partition coefficient (Wildman–Crippen LogP) is 6.42. The number of aromatic hydroxyl groups is 3. The summed E-state index contributed by atoms with van der Waals surface area (Å²) < 4.78 is 21.0. The van der Waals surface area contributed by atoms with Crippen molar-refractivity contribution in [3.8, 4) is 51.5 Å². The van der Waals surface area contributed by atoms with Crippen molar-refractivity contribution in [2.75, 3.05) is 33.2 Å².